The molecular weight excluding hydrogens is 316 g/mol. The van der Waals surface area contributed by atoms with E-state index in [1.54, 1.807) is 14.1 Å². The van der Waals surface area contributed by atoms with Crippen molar-refractivity contribution in [2.75, 3.05) is 34.7 Å². The number of nitrogens with zero attached hydrogens (tertiary/aromatic N) is 2. The van der Waals surface area contributed by atoms with Gasteiger partial charge in [0.25, 0.3) is 0 Å². The van der Waals surface area contributed by atoms with E-state index in [0.29, 0.717) is 5.75 Å². The summed E-state index contributed by atoms with van der Waals surface area (Å²) >= 11 is 0. The number of carbonyl (C=O) groups is 1. The third-order valence-electron chi connectivity index (χ3n) is 6.25. The number of benzene rings is 1. The van der Waals surface area contributed by atoms with Crippen LogP contribution in [0, 0.1) is 0 Å². The molecule has 2 aliphatic heterocycles. The molecule has 1 aliphatic carbocycles. The Morgan fingerprint density at radius 2 is 2.08 bits per heavy atom. The Kier molecular flexibility index (Phi) is 3.76. The number of amides is 1. The minimum atomic E-state index is -0.353. The van der Waals surface area contributed by atoms with Crippen LogP contribution >= 0.6 is 0 Å². The zero-order valence-electron chi connectivity index (χ0n) is 15.8. The topological polar surface area (TPSA) is 38.8 Å². The molecule has 0 radical (unpaired) electrons. The summed E-state index contributed by atoms with van der Waals surface area (Å²) in [5.41, 5.74) is 2.81. The Morgan fingerprint density at radius 3 is 2.84 bits per heavy atom. The monoisotopic (exact) mass is 345 g/mol. The fourth-order valence-electron chi connectivity index (χ4n) is 4.93. The van der Waals surface area contributed by atoms with Crippen LogP contribution in [0.25, 0.3) is 0 Å². The van der Waals surface area contributed by atoms with Gasteiger partial charge in [0.1, 0.15) is 12.6 Å². The molecule has 1 spiro atoms. The molecule has 0 aromatic heterocycles. The van der Waals surface area contributed by atoms with Gasteiger partial charge in [0.15, 0.2) is 11.5 Å². The van der Waals surface area contributed by atoms with Crippen LogP contribution in [0.3, 0.4) is 0 Å². The Morgan fingerprint density at radius 1 is 1.28 bits per heavy atom. The average Bonchev–Trinajstić information content (AvgIpc) is 2.85. The van der Waals surface area contributed by atoms with E-state index >= 15 is 0 Å². The molecule has 3 aliphatic rings. The summed E-state index contributed by atoms with van der Waals surface area (Å²) in [6.07, 6.45) is 5.79. The second kappa shape index (κ2) is 5.63. The third-order valence-corrected chi connectivity index (χ3v) is 6.25. The lowest BCUT2D eigenvalue weighted by molar-refractivity contribution is -0.903. The van der Waals surface area contributed by atoms with Crippen LogP contribution in [0.4, 0.5) is 4.79 Å². The summed E-state index contributed by atoms with van der Waals surface area (Å²) in [5.74, 6) is 1.42. The Hall–Kier alpha value is -1.75. The lowest BCUT2D eigenvalue weighted by Gasteiger charge is -2.38. The van der Waals surface area contributed by atoms with Crippen LogP contribution in [0.15, 0.2) is 12.1 Å². The highest BCUT2D eigenvalue weighted by molar-refractivity contribution is 5.72. The van der Waals surface area contributed by atoms with Crippen molar-refractivity contribution < 1.29 is 18.8 Å². The van der Waals surface area contributed by atoms with Gasteiger partial charge in [0.05, 0.1) is 20.6 Å². The first-order chi connectivity index (χ1) is 11.8. The van der Waals surface area contributed by atoms with Crippen LogP contribution in [0.2, 0.25) is 0 Å². The highest BCUT2D eigenvalue weighted by atomic mass is 16.6. The highest BCUT2D eigenvalue weighted by Crippen LogP contribution is 2.57. The van der Waals surface area contributed by atoms with Crippen LogP contribution in [-0.2, 0) is 12.0 Å². The maximum absolute atomic E-state index is 12.1. The minimum absolute atomic E-state index is 0.107. The Labute approximate surface area is 150 Å². The summed E-state index contributed by atoms with van der Waals surface area (Å²) in [4.78, 5) is 13.5. The molecule has 0 N–H and O–H groups in total. The van der Waals surface area contributed by atoms with E-state index in [1.165, 1.54) is 35.3 Å². The van der Waals surface area contributed by atoms with Gasteiger partial charge in [-0.15, -0.1) is 0 Å². The van der Waals surface area contributed by atoms with E-state index in [4.69, 9.17) is 9.47 Å². The van der Waals surface area contributed by atoms with Crippen molar-refractivity contribution in [3.8, 4) is 11.5 Å². The molecule has 1 amide bonds. The Balaban J connectivity index is 1.84. The van der Waals surface area contributed by atoms with E-state index in [0.717, 1.165) is 36.2 Å². The summed E-state index contributed by atoms with van der Waals surface area (Å²) < 4.78 is 13.1. The molecule has 136 valence electrons. The second-order valence-electron chi connectivity index (χ2n) is 8.77. The maximum atomic E-state index is 12.1. The average molecular weight is 345 g/mol. The number of ether oxygens (including phenoxy) is 2. The second-order valence-corrected chi connectivity index (χ2v) is 8.77. The molecule has 2 atom stereocenters. The third kappa shape index (κ3) is 2.60. The first-order valence-electron chi connectivity index (χ1n) is 9.37. The number of rotatable bonds is 1. The molecule has 1 saturated carbocycles. The molecule has 0 saturated heterocycles. The van der Waals surface area contributed by atoms with Crippen LogP contribution in [0.1, 0.15) is 43.2 Å². The van der Waals surface area contributed by atoms with Gasteiger partial charge >= 0.3 is 6.09 Å². The van der Waals surface area contributed by atoms with E-state index in [-0.39, 0.29) is 17.6 Å². The molecular formula is C20H29N2O3+. The molecule has 25 heavy (non-hydrogen) atoms. The van der Waals surface area contributed by atoms with Crippen LogP contribution in [0.5, 0.6) is 11.5 Å². The number of quaternary nitrogens is 1. The van der Waals surface area contributed by atoms with Gasteiger partial charge in [0.2, 0.25) is 0 Å². The summed E-state index contributed by atoms with van der Waals surface area (Å²) in [6.45, 7) is 2.16. The van der Waals surface area contributed by atoms with Crippen molar-refractivity contribution in [3.05, 3.63) is 23.3 Å². The summed E-state index contributed by atoms with van der Waals surface area (Å²) in [6, 6.07) is 4.08. The van der Waals surface area contributed by atoms with Crippen molar-refractivity contribution in [2.45, 2.75) is 50.2 Å². The number of carbonyl (C=O) groups excluding carboxylic acids is 1. The van der Waals surface area contributed by atoms with Crippen LogP contribution < -0.4 is 9.47 Å². The summed E-state index contributed by atoms with van der Waals surface area (Å²) in [5, 5.41) is 0. The van der Waals surface area contributed by atoms with Gasteiger partial charge in [-0.3, -0.25) is 0 Å². The van der Waals surface area contributed by atoms with E-state index in [1.807, 2.05) is 6.07 Å². The normalized spacial score (nSPS) is 29.0. The summed E-state index contributed by atoms with van der Waals surface area (Å²) in [7, 11) is 8.02. The molecule has 4 rings (SSSR count). The zero-order valence-corrected chi connectivity index (χ0v) is 15.8. The van der Waals surface area contributed by atoms with Crippen molar-refractivity contribution >= 4 is 6.09 Å². The van der Waals surface area contributed by atoms with Crippen molar-refractivity contribution in [1.29, 1.82) is 0 Å². The molecule has 2 heterocycles. The molecule has 5 heteroatoms. The SMILES string of the molecule is CN(C)C(=O)Oc1ccc2c3c1O[C@H]1CCCC[C@]31CC[N+](C)(C)C2. The van der Waals surface area contributed by atoms with Gasteiger partial charge in [-0.1, -0.05) is 6.42 Å². The van der Waals surface area contributed by atoms with Gasteiger partial charge < -0.3 is 18.9 Å². The lowest BCUT2D eigenvalue weighted by atomic mass is 9.66. The van der Waals surface area contributed by atoms with Gasteiger partial charge in [-0.25, -0.2) is 4.79 Å². The zero-order chi connectivity index (χ0) is 17.8. The standard InChI is InChI=1S/C20H29N2O3/c1-21(2)19(23)24-15-9-8-14-13-22(3,4)12-11-20-10-6-5-7-16(20)25-18(15)17(14)20/h8-9,16H,5-7,10-13H2,1-4H3/q+1/t16-,20+/m0/s1. The first-order valence-corrected chi connectivity index (χ1v) is 9.37. The predicted molar refractivity (Wildman–Crippen MR) is 96.0 cm³/mol. The number of hydrogen-bond acceptors (Lipinski definition) is 3. The van der Waals surface area contributed by atoms with Crippen molar-refractivity contribution in [1.82, 2.24) is 4.90 Å². The van der Waals surface area contributed by atoms with Gasteiger partial charge in [-0.2, -0.15) is 0 Å². The quantitative estimate of drug-likeness (QED) is 0.733. The van der Waals surface area contributed by atoms with E-state index in [9.17, 15) is 4.79 Å². The van der Waals surface area contributed by atoms with Gasteiger partial charge in [0, 0.05) is 37.1 Å². The molecule has 5 nitrogen and oxygen atoms in total. The predicted octanol–water partition coefficient (Wildman–Crippen LogP) is 3.30. The fourth-order valence-corrected chi connectivity index (χ4v) is 4.93. The molecule has 0 bridgehead atoms. The highest BCUT2D eigenvalue weighted by Gasteiger charge is 2.54. The van der Waals surface area contributed by atoms with E-state index < -0.39 is 0 Å². The molecule has 1 fully saturated rings. The maximum Gasteiger partial charge on any atom is 0.414 e. The minimum Gasteiger partial charge on any atom is -0.485 e. The van der Waals surface area contributed by atoms with Crippen molar-refractivity contribution in [3.63, 3.8) is 0 Å². The molecule has 0 unspecified atom stereocenters. The molecule has 1 aromatic rings. The fraction of sp³-hybridized carbons (Fsp3) is 0.650. The Bertz CT molecular complexity index is 713. The van der Waals surface area contributed by atoms with Crippen molar-refractivity contribution in [2.24, 2.45) is 0 Å². The first kappa shape index (κ1) is 16.7. The van der Waals surface area contributed by atoms with Crippen LogP contribution in [-0.4, -0.2) is 56.3 Å². The smallest absolute Gasteiger partial charge is 0.414 e. The molecule has 1 aromatic carbocycles. The van der Waals surface area contributed by atoms with E-state index in [2.05, 4.69) is 20.2 Å². The lowest BCUT2D eigenvalue weighted by Crippen LogP contribution is -2.44. The van der Waals surface area contributed by atoms with Gasteiger partial charge in [-0.05, 0) is 31.4 Å². The number of hydrogen-bond donors (Lipinski definition) is 0. The largest absolute Gasteiger partial charge is 0.485 e.